The highest BCUT2D eigenvalue weighted by molar-refractivity contribution is 6.13. The van der Waals surface area contributed by atoms with E-state index < -0.39 is 11.9 Å². The van der Waals surface area contributed by atoms with Gasteiger partial charge in [-0.15, -0.1) is 0 Å². The predicted molar refractivity (Wildman–Crippen MR) is 85.1 cm³/mol. The van der Waals surface area contributed by atoms with Crippen molar-refractivity contribution in [3.05, 3.63) is 42.7 Å². The first-order chi connectivity index (χ1) is 11.1. The quantitative estimate of drug-likeness (QED) is 0.734. The highest BCUT2D eigenvalue weighted by Gasteiger charge is 2.36. The Labute approximate surface area is 131 Å². The van der Waals surface area contributed by atoms with Crippen molar-refractivity contribution in [3.8, 4) is 0 Å². The lowest BCUT2D eigenvalue weighted by Crippen LogP contribution is -2.26. The van der Waals surface area contributed by atoms with Gasteiger partial charge >= 0.3 is 5.97 Å². The lowest BCUT2D eigenvalue weighted by atomic mass is 10.1. The second-order valence-corrected chi connectivity index (χ2v) is 5.61. The van der Waals surface area contributed by atoms with Crippen LogP contribution in [0.15, 0.2) is 42.7 Å². The minimum atomic E-state index is -0.939. The molecule has 2 aromatic heterocycles. The van der Waals surface area contributed by atoms with Crippen LogP contribution >= 0.6 is 0 Å². The molecule has 0 spiro atoms. The Bertz CT molecular complexity index is 954. The number of carboxylic acid groups (broad SMARTS) is 1. The Balaban J connectivity index is 1.95. The maximum atomic E-state index is 12.3. The number of aromatic nitrogens is 2. The standard InChI is InChI=1S/C17H13N3O3/c21-14-8-11(17(22)23)9-20(14)13-7-10-3-1-5-18-15(10)16-12(13)4-2-6-19-16/h1-7,11H,8-9H2,(H,22,23). The molecule has 1 N–H and O–H groups in total. The van der Waals surface area contributed by atoms with Crippen molar-refractivity contribution in [1.82, 2.24) is 9.97 Å². The van der Waals surface area contributed by atoms with Crippen LogP contribution in [0.2, 0.25) is 0 Å². The van der Waals surface area contributed by atoms with E-state index in [1.54, 1.807) is 23.4 Å². The summed E-state index contributed by atoms with van der Waals surface area (Å²) in [7, 11) is 0. The van der Waals surface area contributed by atoms with Gasteiger partial charge in [0.2, 0.25) is 5.91 Å². The van der Waals surface area contributed by atoms with Crippen molar-refractivity contribution in [1.29, 1.82) is 0 Å². The lowest BCUT2D eigenvalue weighted by molar-refractivity contribution is -0.141. The van der Waals surface area contributed by atoms with Crippen molar-refractivity contribution >= 4 is 39.4 Å². The van der Waals surface area contributed by atoms with Crippen LogP contribution in [0.25, 0.3) is 21.8 Å². The van der Waals surface area contributed by atoms with Gasteiger partial charge in [-0.2, -0.15) is 0 Å². The van der Waals surface area contributed by atoms with Crippen molar-refractivity contribution in [2.75, 3.05) is 11.4 Å². The predicted octanol–water partition coefficient (Wildman–Crippen LogP) is 2.22. The Hall–Kier alpha value is -3.02. The molecule has 1 atom stereocenters. The van der Waals surface area contributed by atoms with Crippen LogP contribution in [-0.4, -0.2) is 33.5 Å². The smallest absolute Gasteiger partial charge is 0.308 e. The number of fused-ring (bicyclic) bond motifs is 3. The molecule has 4 rings (SSSR count). The summed E-state index contributed by atoms with van der Waals surface area (Å²) in [5.41, 5.74) is 2.18. The molecule has 1 amide bonds. The second kappa shape index (κ2) is 5.01. The van der Waals surface area contributed by atoms with Gasteiger partial charge < -0.3 is 10.0 Å². The van der Waals surface area contributed by atoms with Crippen LogP contribution in [0.3, 0.4) is 0 Å². The highest BCUT2D eigenvalue weighted by atomic mass is 16.4. The molecule has 3 heterocycles. The van der Waals surface area contributed by atoms with Gasteiger partial charge in [0.25, 0.3) is 0 Å². The number of rotatable bonds is 2. The molecule has 6 heteroatoms. The number of anilines is 1. The first-order valence-corrected chi connectivity index (χ1v) is 7.31. The van der Waals surface area contributed by atoms with Crippen molar-refractivity contribution < 1.29 is 14.7 Å². The summed E-state index contributed by atoms with van der Waals surface area (Å²) in [6.07, 6.45) is 3.42. The van der Waals surface area contributed by atoms with E-state index in [0.29, 0.717) is 11.2 Å². The maximum absolute atomic E-state index is 12.3. The van der Waals surface area contributed by atoms with E-state index in [-0.39, 0.29) is 18.9 Å². The Kier molecular flexibility index (Phi) is 2.97. The molecule has 1 fully saturated rings. The third-order valence-corrected chi connectivity index (χ3v) is 4.20. The molecule has 0 saturated carbocycles. The molecule has 23 heavy (non-hydrogen) atoms. The fraction of sp³-hybridized carbons (Fsp3) is 0.176. The average molecular weight is 307 g/mol. The minimum absolute atomic E-state index is 0.0299. The van der Waals surface area contributed by atoms with E-state index in [9.17, 15) is 14.7 Å². The van der Waals surface area contributed by atoms with Gasteiger partial charge in [0, 0.05) is 36.1 Å². The van der Waals surface area contributed by atoms with Gasteiger partial charge in [-0.3, -0.25) is 19.6 Å². The normalized spacial score (nSPS) is 18.0. The molecule has 1 aromatic carbocycles. The number of pyridine rings is 2. The van der Waals surface area contributed by atoms with Crippen LogP contribution in [0.4, 0.5) is 5.69 Å². The number of carboxylic acids is 1. The zero-order valence-electron chi connectivity index (χ0n) is 12.1. The number of benzene rings is 1. The van der Waals surface area contributed by atoms with Crippen molar-refractivity contribution in [2.24, 2.45) is 5.92 Å². The number of aliphatic carboxylic acids is 1. The van der Waals surface area contributed by atoms with Crippen LogP contribution in [0.5, 0.6) is 0 Å². The van der Waals surface area contributed by atoms with Crippen molar-refractivity contribution in [2.45, 2.75) is 6.42 Å². The van der Waals surface area contributed by atoms with Gasteiger partial charge in [-0.25, -0.2) is 0 Å². The molecule has 0 bridgehead atoms. The molecular formula is C17H13N3O3. The summed E-state index contributed by atoms with van der Waals surface area (Å²) in [6.45, 7) is 0.184. The number of hydrogen-bond donors (Lipinski definition) is 1. The van der Waals surface area contributed by atoms with E-state index in [4.69, 9.17) is 0 Å². The van der Waals surface area contributed by atoms with E-state index >= 15 is 0 Å². The average Bonchev–Trinajstić information content (AvgIpc) is 2.96. The number of hydrogen-bond acceptors (Lipinski definition) is 4. The minimum Gasteiger partial charge on any atom is -0.481 e. The third kappa shape index (κ3) is 2.11. The molecule has 0 radical (unpaired) electrons. The highest BCUT2D eigenvalue weighted by Crippen LogP contribution is 2.35. The number of amides is 1. The summed E-state index contributed by atoms with van der Waals surface area (Å²) >= 11 is 0. The summed E-state index contributed by atoms with van der Waals surface area (Å²) in [4.78, 5) is 33.8. The Morgan fingerprint density at radius 1 is 1.17 bits per heavy atom. The Morgan fingerprint density at radius 2 is 1.91 bits per heavy atom. The molecule has 1 aliphatic heterocycles. The van der Waals surface area contributed by atoms with E-state index in [1.165, 1.54) is 0 Å². The zero-order valence-corrected chi connectivity index (χ0v) is 12.1. The fourth-order valence-corrected chi connectivity index (χ4v) is 3.09. The van der Waals surface area contributed by atoms with Crippen LogP contribution < -0.4 is 4.90 Å². The second-order valence-electron chi connectivity index (χ2n) is 5.61. The SMILES string of the molecule is O=C(O)C1CC(=O)N(c2cc3cccnc3c3ncccc23)C1. The molecule has 1 unspecified atom stereocenters. The largest absolute Gasteiger partial charge is 0.481 e. The first-order valence-electron chi connectivity index (χ1n) is 7.31. The lowest BCUT2D eigenvalue weighted by Gasteiger charge is -2.19. The molecule has 1 saturated heterocycles. The van der Waals surface area contributed by atoms with Gasteiger partial charge in [-0.05, 0) is 24.3 Å². The first kappa shape index (κ1) is 13.6. The fourth-order valence-electron chi connectivity index (χ4n) is 3.09. The number of carbonyl (C=O) groups excluding carboxylic acids is 1. The Morgan fingerprint density at radius 3 is 2.65 bits per heavy atom. The van der Waals surface area contributed by atoms with Crippen LogP contribution in [0.1, 0.15) is 6.42 Å². The van der Waals surface area contributed by atoms with Gasteiger partial charge in [0.1, 0.15) is 0 Å². The molecule has 1 aliphatic rings. The molecule has 3 aromatic rings. The zero-order chi connectivity index (χ0) is 16.0. The van der Waals surface area contributed by atoms with E-state index in [1.807, 2.05) is 24.3 Å². The van der Waals surface area contributed by atoms with Gasteiger partial charge in [-0.1, -0.05) is 6.07 Å². The topological polar surface area (TPSA) is 83.4 Å². The van der Waals surface area contributed by atoms with Crippen molar-refractivity contribution in [3.63, 3.8) is 0 Å². The summed E-state index contributed by atoms with van der Waals surface area (Å²) in [5.74, 6) is -1.78. The molecule has 114 valence electrons. The third-order valence-electron chi connectivity index (χ3n) is 4.20. The van der Waals surface area contributed by atoms with Crippen LogP contribution in [0, 0.1) is 5.92 Å². The molecular weight excluding hydrogens is 294 g/mol. The maximum Gasteiger partial charge on any atom is 0.308 e. The summed E-state index contributed by atoms with van der Waals surface area (Å²) < 4.78 is 0. The summed E-state index contributed by atoms with van der Waals surface area (Å²) in [6, 6.07) is 9.30. The van der Waals surface area contributed by atoms with Gasteiger partial charge in [0.15, 0.2) is 0 Å². The van der Waals surface area contributed by atoms with E-state index in [2.05, 4.69) is 9.97 Å². The number of carbonyl (C=O) groups is 2. The van der Waals surface area contributed by atoms with E-state index in [0.717, 1.165) is 16.3 Å². The monoisotopic (exact) mass is 307 g/mol. The summed E-state index contributed by atoms with van der Waals surface area (Å²) in [5, 5.41) is 10.9. The number of nitrogens with zero attached hydrogens (tertiary/aromatic N) is 3. The van der Waals surface area contributed by atoms with Crippen LogP contribution in [-0.2, 0) is 9.59 Å². The molecule has 6 nitrogen and oxygen atoms in total. The molecule has 0 aliphatic carbocycles. The van der Waals surface area contributed by atoms with Gasteiger partial charge in [0.05, 0.1) is 22.6 Å².